The Labute approximate surface area is 156 Å². The Kier molecular flexibility index (Phi) is 7.57. The first-order valence-electron chi connectivity index (χ1n) is 9.03. The van der Waals surface area contributed by atoms with Crippen molar-refractivity contribution >= 4 is 15.9 Å². The lowest BCUT2D eigenvalue weighted by molar-refractivity contribution is -0.0295. The Hall–Kier alpha value is -1.48. The van der Waals surface area contributed by atoms with Gasteiger partial charge in [-0.1, -0.05) is 26.8 Å². The minimum Gasteiger partial charge on any atom is -0.374 e. The van der Waals surface area contributed by atoms with E-state index in [1.54, 1.807) is 19.1 Å². The monoisotopic (exact) mass is 383 g/mol. The molecule has 1 saturated heterocycles. The van der Waals surface area contributed by atoms with E-state index in [0.29, 0.717) is 31.2 Å². The highest BCUT2D eigenvalue weighted by Gasteiger charge is 2.22. The molecule has 0 aliphatic carbocycles. The standard InChI is InChI=1S/C18H29N3O4S/c1-4-20-26(23,24)17-7-5-6-15(10-17)18(22)19-11-16-13-21(8-9-25-16)12-14(2)3/h5-7,10,14,16,20H,4,8-9,11-13H2,1-3H3,(H,19,22). The predicted octanol–water partition coefficient (Wildman–Crippen LogP) is 1.07. The first-order chi connectivity index (χ1) is 12.3. The molecule has 1 amide bonds. The van der Waals surface area contributed by atoms with Gasteiger partial charge in [-0.2, -0.15) is 0 Å². The Morgan fingerprint density at radius 3 is 2.85 bits per heavy atom. The molecule has 1 aliphatic rings. The number of nitrogens with one attached hydrogen (secondary N) is 2. The van der Waals surface area contributed by atoms with Crippen molar-refractivity contribution in [3.05, 3.63) is 29.8 Å². The molecule has 2 rings (SSSR count). The van der Waals surface area contributed by atoms with E-state index in [9.17, 15) is 13.2 Å². The number of hydrogen-bond acceptors (Lipinski definition) is 5. The summed E-state index contributed by atoms with van der Waals surface area (Å²) in [4.78, 5) is 14.8. The van der Waals surface area contributed by atoms with Crippen LogP contribution in [0.15, 0.2) is 29.2 Å². The molecule has 0 aromatic heterocycles. The molecule has 1 aromatic rings. The first-order valence-corrected chi connectivity index (χ1v) is 10.5. The van der Waals surface area contributed by atoms with Crippen LogP contribution in [0.4, 0.5) is 0 Å². The number of carbonyl (C=O) groups excluding carboxylic acids is 1. The van der Waals surface area contributed by atoms with Crippen molar-refractivity contribution in [3.63, 3.8) is 0 Å². The van der Waals surface area contributed by atoms with Crippen LogP contribution in [-0.2, 0) is 14.8 Å². The molecular formula is C18H29N3O4S. The molecule has 1 fully saturated rings. The number of hydrogen-bond donors (Lipinski definition) is 2. The van der Waals surface area contributed by atoms with Gasteiger partial charge in [0.05, 0.1) is 17.6 Å². The number of morpholine rings is 1. The van der Waals surface area contributed by atoms with Crippen LogP contribution in [0.25, 0.3) is 0 Å². The Morgan fingerprint density at radius 1 is 1.38 bits per heavy atom. The molecule has 26 heavy (non-hydrogen) atoms. The lowest BCUT2D eigenvalue weighted by Crippen LogP contribution is -2.48. The smallest absolute Gasteiger partial charge is 0.251 e. The molecule has 0 saturated carbocycles. The van der Waals surface area contributed by atoms with Gasteiger partial charge in [0.2, 0.25) is 10.0 Å². The minimum absolute atomic E-state index is 0.0554. The fourth-order valence-electron chi connectivity index (χ4n) is 2.97. The molecule has 0 bridgehead atoms. The van der Waals surface area contributed by atoms with E-state index in [1.165, 1.54) is 12.1 Å². The van der Waals surface area contributed by atoms with Crippen molar-refractivity contribution in [2.24, 2.45) is 5.92 Å². The molecule has 1 aliphatic heterocycles. The maximum Gasteiger partial charge on any atom is 0.251 e. The summed E-state index contributed by atoms with van der Waals surface area (Å²) in [6.45, 7) is 10.1. The van der Waals surface area contributed by atoms with Crippen molar-refractivity contribution in [2.75, 3.05) is 39.3 Å². The zero-order chi connectivity index (χ0) is 19.2. The van der Waals surface area contributed by atoms with Gasteiger partial charge in [-0.15, -0.1) is 0 Å². The maximum atomic E-state index is 12.4. The van der Waals surface area contributed by atoms with Gasteiger partial charge in [-0.05, 0) is 24.1 Å². The van der Waals surface area contributed by atoms with E-state index in [2.05, 4.69) is 28.8 Å². The topological polar surface area (TPSA) is 87.7 Å². The summed E-state index contributed by atoms with van der Waals surface area (Å²) in [5.74, 6) is 0.285. The zero-order valence-electron chi connectivity index (χ0n) is 15.7. The van der Waals surface area contributed by atoms with Crippen LogP contribution in [0.2, 0.25) is 0 Å². The van der Waals surface area contributed by atoms with Crippen LogP contribution in [0, 0.1) is 5.92 Å². The second-order valence-electron chi connectivity index (χ2n) is 6.89. The number of rotatable bonds is 8. The molecule has 8 heteroatoms. The zero-order valence-corrected chi connectivity index (χ0v) is 16.5. The van der Waals surface area contributed by atoms with Crippen LogP contribution in [0.5, 0.6) is 0 Å². The summed E-state index contributed by atoms with van der Waals surface area (Å²) in [5.41, 5.74) is 0.318. The van der Waals surface area contributed by atoms with Crippen molar-refractivity contribution < 1.29 is 17.9 Å². The second kappa shape index (κ2) is 9.45. The second-order valence-corrected chi connectivity index (χ2v) is 8.65. The number of carbonyl (C=O) groups is 1. The van der Waals surface area contributed by atoms with Crippen LogP contribution in [0.3, 0.4) is 0 Å². The van der Waals surface area contributed by atoms with E-state index < -0.39 is 10.0 Å². The van der Waals surface area contributed by atoms with Crippen molar-refractivity contribution in [3.8, 4) is 0 Å². The van der Waals surface area contributed by atoms with Gasteiger partial charge in [-0.3, -0.25) is 9.69 Å². The third-order valence-electron chi connectivity index (χ3n) is 4.08. The molecule has 7 nitrogen and oxygen atoms in total. The third-order valence-corrected chi connectivity index (χ3v) is 5.62. The maximum absolute atomic E-state index is 12.4. The van der Waals surface area contributed by atoms with Crippen molar-refractivity contribution in [1.29, 1.82) is 0 Å². The molecule has 0 spiro atoms. The van der Waals surface area contributed by atoms with Gasteiger partial charge in [0.1, 0.15) is 0 Å². The molecule has 0 radical (unpaired) electrons. The summed E-state index contributed by atoms with van der Waals surface area (Å²) >= 11 is 0. The van der Waals surface area contributed by atoms with Gasteiger partial charge in [0.15, 0.2) is 0 Å². The number of sulfonamides is 1. The Balaban J connectivity index is 1.94. The van der Waals surface area contributed by atoms with Crippen molar-refractivity contribution in [2.45, 2.75) is 31.8 Å². The predicted molar refractivity (Wildman–Crippen MR) is 101 cm³/mol. The lowest BCUT2D eigenvalue weighted by Gasteiger charge is -2.33. The van der Waals surface area contributed by atoms with Crippen LogP contribution < -0.4 is 10.0 Å². The van der Waals surface area contributed by atoms with Gasteiger partial charge in [0, 0.05) is 38.3 Å². The molecule has 1 atom stereocenters. The van der Waals surface area contributed by atoms with E-state index in [1.807, 2.05) is 0 Å². The molecule has 2 N–H and O–H groups in total. The molecular weight excluding hydrogens is 354 g/mol. The summed E-state index contributed by atoms with van der Waals surface area (Å²) in [5, 5.41) is 2.85. The number of ether oxygens (including phenoxy) is 1. The SMILES string of the molecule is CCNS(=O)(=O)c1cccc(C(=O)NCC2CN(CC(C)C)CCO2)c1. The van der Waals surface area contributed by atoms with Crippen LogP contribution in [0.1, 0.15) is 31.1 Å². The Bertz CT molecular complexity index is 706. The Morgan fingerprint density at radius 2 is 2.15 bits per heavy atom. The summed E-state index contributed by atoms with van der Waals surface area (Å²) in [6, 6.07) is 6.04. The molecule has 146 valence electrons. The van der Waals surface area contributed by atoms with Gasteiger partial charge >= 0.3 is 0 Å². The number of benzene rings is 1. The number of nitrogens with zero attached hydrogens (tertiary/aromatic N) is 1. The van der Waals surface area contributed by atoms with Crippen LogP contribution >= 0.6 is 0 Å². The normalized spacial score (nSPS) is 18.8. The largest absolute Gasteiger partial charge is 0.374 e. The van der Waals surface area contributed by atoms with E-state index in [0.717, 1.165) is 19.6 Å². The molecule has 1 unspecified atom stereocenters. The van der Waals surface area contributed by atoms with Crippen molar-refractivity contribution in [1.82, 2.24) is 14.9 Å². The highest BCUT2D eigenvalue weighted by Crippen LogP contribution is 2.12. The fourth-order valence-corrected chi connectivity index (χ4v) is 4.06. The highest BCUT2D eigenvalue weighted by molar-refractivity contribution is 7.89. The van der Waals surface area contributed by atoms with Gasteiger partial charge < -0.3 is 10.1 Å². The quantitative estimate of drug-likeness (QED) is 0.701. The van der Waals surface area contributed by atoms with Gasteiger partial charge in [0.25, 0.3) is 5.91 Å². The summed E-state index contributed by atoms with van der Waals surface area (Å²) in [7, 11) is -3.58. The molecule has 1 heterocycles. The average Bonchev–Trinajstić information content (AvgIpc) is 2.59. The third kappa shape index (κ3) is 6.05. The average molecular weight is 384 g/mol. The summed E-state index contributed by atoms with van der Waals surface area (Å²) < 4.78 is 32.3. The minimum atomic E-state index is -3.58. The van der Waals surface area contributed by atoms with E-state index >= 15 is 0 Å². The fraction of sp³-hybridized carbons (Fsp3) is 0.611. The summed E-state index contributed by atoms with van der Waals surface area (Å²) in [6.07, 6.45) is -0.0554. The lowest BCUT2D eigenvalue weighted by atomic mass is 10.1. The van der Waals surface area contributed by atoms with E-state index in [4.69, 9.17) is 4.74 Å². The molecule has 1 aromatic carbocycles. The van der Waals surface area contributed by atoms with Gasteiger partial charge in [-0.25, -0.2) is 13.1 Å². The van der Waals surface area contributed by atoms with E-state index in [-0.39, 0.29) is 16.9 Å². The number of amides is 1. The van der Waals surface area contributed by atoms with Crippen LogP contribution in [-0.4, -0.2) is 64.7 Å². The highest BCUT2D eigenvalue weighted by atomic mass is 32.2. The first kappa shape index (κ1) is 20.8.